The Morgan fingerprint density at radius 1 is 1.09 bits per heavy atom. The molecule has 0 spiro atoms. The van der Waals surface area contributed by atoms with Gasteiger partial charge in [0.2, 0.25) is 10.0 Å². The van der Waals surface area contributed by atoms with Crippen molar-refractivity contribution in [3.8, 4) is 0 Å². The summed E-state index contributed by atoms with van der Waals surface area (Å²) >= 11 is 1.99. The first kappa shape index (κ1) is 17.0. The van der Waals surface area contributed by atoms with Crippen molar-refractivity contribution in [2.24, 2.45) is 0 Å². The second-order valence-electron chi connectivity index (χ2n) is 6.50. The highest BCUT2D eigenvalue weighted by Gasteiger charge is 2.39. The Hall–Kier alpha value is 0.180. The number of morpholine rings is 1. The molecule has 2 aliphatic heterocycles. The van der Waals surface area contributed by atoms with Crippen molar-refractivity contribution in [3.05, 3.63) is 0 Å². The molecule has 22 heavy (non-hydrogen) atoms. The van der Waals surface area contributed by atoms with Crippen molar-refractivity contribution in [1.29, 1.82) is 0 Å². The van der Waals surface area contributed by atoms with Crippen LogP contribution in [0.5, 0.6) is 0 Å². The zero-order valence-corrected chi connectivity index (χ0v) is 14.9. The maximum Gasteiger partial charge on any atom is 0.214 e. The van der Waals surface area contributed by atoms with Gasteiger partial charge in [-0.1, -0.05) is 12.8 Å². The summed E-state index contributed by atoms with van der Waals surface area (Å²) in [6.45, 7) is 5.01. The summed E-state index contributed by atoms with van der Waals surface area (Å²) in [6, 6.07) is 0.265. The van der Waals surface area contributed by atoms with E-state index in [9.17, 15) is 8.42 Å². The number of hydrogen-bond acceptors (Lipinski definition) is 5. The Bertz CT molecular complexity index is 450. The molecule has 2 atom stereocenters. The van der Waals surface area contributed by atoms with Crippen LogP contribution in [0.3, 0.4) is 0 Å². The zero-order valence-electron chi connectivity index (χ0n) is 13.3. The Labute approximate surface area is 138 Å². The molecule has 3 fully saturated rings. The van der Waals surface area contributed by atoms with Gasteiger partial charge in [-0.2, -0.15) is 16.1 Å². The van der Waals surface area contributed by atoms with Crippen molar-refractivity contribution >= 4 is 21.8 Å². The molecule has 0 N–H and O–H groups in total. The fourth-order valence-corrected chi connectivity index (χ4v) is 7.22. The fourth-order valence-electron chi connectivity index (χ4n) is 3.82. The van der Waals surface area contributed by atoms with E-state index in [4.69, 9.17) is 4.74 Å². The van der Waals surface area contributed by atoms with Crippen LogP contribution in [0.15, 0.2) is 0 Å². The molecule has 5 nitrogen and oxygen atoms in total. The summed E-state index contributed by atoms with van der Waals surface area (Å²) in [5, 5.41) is 0.538. The maximum atomic E-state index is 12.8. The molecular weight excluding hydrogens is 320 g/mol. The summed E-state index contributed by atoms with van der Waals surface area (Å²) in [5.74, 6) is 1.27. The SMILES string of the molecule is O=S(=O)(CCCN1CCOCC1)N1CCS[C@@H]2CCCC[C@H]21. The van der Waals surface area contributed by atoms with Gasteiger partial charge in [0.05, 0.1) is 19.0 Å². The Morgan fingerprint density at radius 3 is 2.68 bits per heavy atom. The molecule has 0 aromatic carbocycles. The fraction of sp³-hybridized carbons (Fsp3) is 1.00. The van der Waals surface area contributed by atoms with Gasteiger partial charge in [0.15, 0.2) is 0 Å². The lowest BCUT2D eigenvalue weighted by Gasteiger charge is -2.42. The molecule has 1 saturated carbocycles. The van der Waals surface area contributed by atoms with Crippen LogP contribution in [-0.4, -0.2) is 79.8 Å². The van der Waals surface area contributed by atoms with Crippen LogP contribution in [-0.2, 0) is 14.8 Å². The minimum atomic E-state index is -3.09. The van der Waals surface area contributed by atoms with E-state index in [1.165, 1.54) is 19.3 Å². The molecule has 0 bridgehead atoms. The molecule has 1 aliphatic carbocycles. The number of rotatable bonds is 5. The van der Waals surface area contributed by atoms with Crippen LogP contribution < -0.4 is 0 Å². The molecule has 0 unspecified atom stereocenters. The minimum absolute atomic E-state index is 0.265. The van der Waals surface area contributed by atoms with E-state index < -0.39 is 10.0 Å². The largest absolute Gasteiger partial charge is 0.379 e. The summed E-state index contributed by atoms with van der Waals surface area (Å²) < 4.78 is 32.7. The first-order valence-electron chi connectivity index (χ1n) is 8.58. The third-order valence-corrected chi connectivity index (χ3v) is 8.39. The first-order chi connectivity index (χ1) is 10.7. The summed E-state index contributed by atoms with van der Waals surface area (Å²) in [5.41, 5.74) is 0. The molecule has 3 rings (SSSR count). The van der Waals surface area contributed by atoms with Gasteiger partial charge in [-0.3, -0.25) is 4.90 Å². The van der Waals surface area contributed by atoms with Gasteiger partial charge in [0.1, 0.15) is 0 Å². The van der Waals surface area contributed by atoms with Crippen LogP contribution in [0.25, 0.3) is 0 Å². The molecule has 0 amide bonds. The monoisotopic (exact) mass is 348 g/mol. The molecule has 0 aromatic rings. The number of ether oxygens (including phenoxy) is 1. The second-order valence-corrected chi connectivity index (χ2v) is 9.88. The highest BCUT2D eigenvalue weighted by Crippen LogP contribution is 2.36. The van der Waals surface area contributed by atoms with E-state index in [-0.39, 0.29) is 6.04 Å². The quantitative estimate of drug-likeness (QED) is 0.752. The summed E-state index contributed by atoms with van der Waals surface area (Å²) in [4.78, 5) is 2.31. The highest BCUT2D eigenvalue weighted by molar-refractivity contribution is 8.00. The molecule has 0 radical (unpaired) electrons. The Balaban J connectivity index is 1.52. The molecule has 2 heterocycles. The van der Waals surface area contributed by atoms with Crippen molar-refractivity contribution in [2.75, 3.05) is 50.9 Å². The van der Waals surface area contributed by atoms with Gasteiger partial charge in [-0.05, 0) is 25.8 Å². The number of hydrogen-bond donors (Lipinski definition) is 0. The topological polar surface area (TPSA) is 49.9 Å². The van der Waals surface area contributed by atoms with E-state index >= 15 is 0 Å². The van der Waals surface area contributed by atoms with Crippen molar-refractivity contribution in [1.82, 2.24) is 9.21 Å². The molecule has 3 aliphatic rings. The molecule has 0 aromatic heterocycles. The van der Waals surface area contributed by atoms with Crippen LogP contribution in [0.1, 0.15) is 32.1 Å². The zero-order chi connectivity index (χ0) is 15.4. The average molecular weight is 349 g/mol. The van der Waals surface area contributed by atoms with E-state index in [0.717, 1.165) is 51.4 Å². The van der Waals surface area contributed by atoms with Gasteiger partial charge in [-0.15, -0.1) is 0 Å². The van der Waals surface area contributed by atoms with E-state index in [0.29, 0.717) is 17.5 Å². The van der Waals surface area contributed by atoms with E-state index in [1.807, 2.05) is 16.1 Å². The standard InChI is InChI=1S/C15H28N2O3S2/c18-22(19,13-3-6-16-7-10-20-11-8-16)17-9-12-21-15-5-2-1-4-14(15)17/h14-15H,1-13H2/t14-,15-/m1/s1. The van der Waals surface area contributed by atoms with Crippen LogP contribution in [0.2, 0.25) is 0 Å². The van der Waals surface area contributed by atoms with Crippen molar-refractivity contribution < 1.29 is 13.2 Å². The lowest BCUT2D eigenvalue weighted by Crippen LogP contribution is -2.52. The van der Waals surface area contributed by atoms with Crippen LogP contribution in [0, 0.1) is 0 Å². The van der Waals surface area contributed by atoms with Crippen LogP contribution in [0.4, 0.5) is 0 Å². The van der Waals surface area contributed by atoms with E-state index in [1.54, 1.807) is 0 Å². The average Bonchev–Trinajstić information content (AvgIpc) is 2.55. The lowest BCUT2D eigenvalue weighted by molar-refractivity contribution is 0.0380. The Kier molecular flexibility index (Phi) is 6.06. The van der Waals surface area contributed by atoms with Gasteiger partial charge >= 0.3 is 0 Å². The van der Waals surface area contributed by atoms with E-state index in [2.05, 4.69) is 4.90 Å². The van der Waals surface area contributed by atoms with Crippen molar-refractivity contribution in [2.45, 2.75) is 43.4 Å². The third-order valence-electron chi connectivity index (χ3n) is 5.02. The predicted molar refractivity (Wildman–Crippen MR) is 90.9 cm³/mol. The maximum absolute atomic E-state index is 12.8. The molecule has 2 saturated heterocycles. The highest BCUT2D eigenvalue weighted by atomic mass is 32.2. The molecule has 128 valence electrons. The number of fused-ring (bicyclic) bond motifs is 1. The van der Waals surface area contributed by atoms with Gasteiger partial charge in [0.25, 0.3) is 0 Å². The van der Waals surface area contributed by atoms with Gasteiger partial charge < -0.3 is 4.74 Å². The van der Waals surface area contributed by atoms with Gasteiger partial charge in [-0.25, -0.2) is 8.42 Å². The summed E-state index contributed by atoms with van der Waals surface area (Å²) in [6.07, 6.45) is 5.43. The lowest BCUT2D eigenvalue weighted by atomic mass is 9.95. The summed E-state index contributed by atoms with van der Waals surface area (Å²) in [7, 11) is -3.09. The normalized spacial score (nSPS) is 31.8. The molecule has 7 heteroatoms. The number of sulfonamides is 1. The Morgan fingerprint density at radius 2 is 1.86 bits per heavy atom. The number of nitrogens with zero attached hydrogens (tertiary/aromatic N) is 2. The van der Waals surface area contributed by atoms with Gasteiger partial charge in [0, 0.05) is 36.7 Å². The predicted octanol–water partition coefficient (Wildman–Crippen LogP) is 1.40. The first-order valence-corrected chi connectivity index (χ1v) is 11.2. The van der Waals surface area contributed by atoms with Crippen LogP contribution >= 0.6 is 11.8 Å². The smallest absolute Gasteiger partial charge is 0.214 e. The minimum Gasteiger partial charge on any atom is -0.379 e. The number of thioether (sulfide) groups is 1. The second kappa shape index (κ2) is 7.83. The third kappa shape index (κ3) is 4.17. The molecular formula is C15H28N2O3S2. The van der Waals surface area contributed by atoms with Crippen molar-refractivity contribution in [3.63, 3.8) is 0 Å².